The molecule has 1 saturated heterocycles. The van der Waals surface area contributed by atoms with Crippen molar-refractivity contribution >= 4 is 45.7 Å². The lowest BCUT2D eigenvalue weighted by atomic mass is 9.95. The standard InChI is InChI=1S/C19H25ClN4OS2/c1-13(2)12-26-19-23-22-18(27-19)21-17(25)15-7-9-24(10-8-15)11-14-3-5-16(20)6-4-14/h3-6,13,15H,7-12H2,1-2H3,(H,21,22,25). The molecule has 0 atom stereocenters. The van der Waals surface area contributed by atoms with Gasteiger partial charge in [-0.1, -0.05) is 60.7 Å². The van der Waals surface area contributed by atoms with Crippen molar-refractivity contribution in [3.8, 4) is 0 Å². The summed E-state index contributed by atoms with van der Waals surface area (Å²) in [6.45, 7) is 7.10. The Hall–Kier alpha value is -1.15. The van der Waals surface area contributed by atoms with E-state index in [1.54, 1.807) is 11.8 Å². The number of halogens is 1. The fraction of sp³-hybridized carbons (Fsp3) is 0.526. The van der Waals surface area contributed by atoms with Gasteiger partial charge in [-0.2, -0.15) is 0 Å². The first-order valence-corrected chi connectivity index (χ1v) is 11.4. The van der Waals surface area contributed by atoms with Crippen LogP contribution in [0.1, 0.15) is 32.3 Å². The van der Waals surface area contributed by atoms with Crippen LogP contribution in [0.25, 0.3) is 0 Å². The van der Waals surface area contributed by atoms with Gasteiger partial charge in [-0.3, -0.25) is 9.69 Å². The summed E-state index contributed by atoms with van der Waals surface area (Å²) in [5.41, 5.74) is 1.25. The third-order valence-electron chi connectivity index (χ3n) is 4.45. The monoisotopic (exact) mass is 424 g/mol. The Morgan fingerprint density at radius 2 is 2.00 bits per heavy atom. The highest BCUT2D eigenvalue weighted by molar-refractivity contribution is 8.01. The van der Waals surface area contributed by atoms with Crippen LogP contribution >= 0.6 is 34.7 Å². The molecular formula is C19H25ClN4OS2. The average Bonchev–Trinajstić information content (AvgIpc) is 3.10. The number of carbonyl (C=O) groups is 1. The number of likely N-dealkylation sites (tertiary alicyclic amines) is 1. The summed E-state index contributed by atoms with van der Waals surface area (Å²) in [7, 11) is 0. The molecule has 2 aromatic rings. The molecule has 27 heavy (non-hydrogen) atoms. The molecule has 0 unspecified atom stereocenters. The third-order valence-corrected chi connectivity index (χ3v) is 7.11. The molecule has 1 amide bonds. The minimum Gasteiger partial charge on any atom is -0.300 e. The van der Waals surface area contributed by atoms with Crippen molar-refractivity contribution in [2.75, 3.05) is 24.2 Å². The van der Waals surface area contributed by atoms with Crippen molar-refractivity contribution in [2.45, 2.75) is 37.6 Å². The SMILES string of the molecule is CC(C)CSc1nnc(NC(=O)C2CCN(Cc3ccc(Cl)cc3)CC2)s1. The van der Waals surface area contributed by atoms with Gasteiger partial charge >= 0.3 is 0 Å². The van der Waals surface area contributed by atoms with Crippen LogP contribution in [0.15, 0.2) is 28.6 Å². The van der Waals surface area contributed by atoms with Crippen molar-refractivity contribution in [3.63, 3.8) is 0 Å². The van der Waals surface area contributed by atoms with Crippen LogP contribution in [0.5, 0.6) is 0 Å². The highest BCUT2D eigenvalue weighted by Gasteiger charge is 2.25. The topological polar surface area (TPSA) is 58.1 Å². The molecule has 3 rings (SSSR count). The molecule has 5 nitrogen and oxygen atoms in total. The fourth-order valence-electron chi connectivity index (χ4n) is 2.97. The van der Waals surface area contributed by atoms with E-state index in [0.29, 0.717) is 11.0 Å². The van der Waals surface area contributed by atoms with Crippen LogP contribution in [0.4, 0.5) is 5.13 Å². The number of aromatic nitrogens is 2. The molecular weight excluding hydrogens is 400 g/mol. The van der Waals surface area contributed by atoms with Crippen LogP contribution in [-0.4, -0.2) is 39.8 Å². The molecule has 2 heterocycles. The number of hydrogen-bond donors (Lipinski definition) is 1. The van der Waals surface area contributed by atoms with Gasteiger partial charge in [-0.05, 0) is 49.5 Å². The van der Waals surface area contributed by atoms with E-state index in [9.17, 15) is 4.79 Å². The molecule has 1 aliphatic heterocycles. The summed E-state index contributed by atoms with van der Waals surface area (Å²) >= 11 is 9.09. The second-order valence-corrected chi connectivity index (χ2v) is 9.93. The molecule has 1 N–H and O–H groups in total. The third kappa shape index (κ3) is 6.45. The van der Waals surface area contributed by atoms with Crippen molar-refractivity contribution in [3.05, 3.63) is 34.9 Å². The Morgan fingerprint density at radius 3 is 2.67 bits per heavy atom. The molecule has 1 aromatic carbocycles. The number of nitrogens with one attached hydrogen (secondary N) is 1. The molecule has 1 aliphatic rings. The number of amides is 1. The largest absolute Gasteiger partial charge is 0.300 e. The maximum atomic E-state index is 12.5. The van der Waals surface area contributed by atoms with Crippen LogP contribution in [-0.2, 0) is 11.3 Å². The predicted molar refractivity (Wildman–Crippen MR) is 114 cm³/mol. The number of anilines is 1. The maximum absolute atomic E-state index is 12.5. The van der Waals surface area contributed by atoms with Crippen LogP contribution in [0.2, 0.25) is 5.02 Å². The van der Waals surface area contributed by atoms with Crippen LogP contribution < -0.4 is 5.32 Å². The van der Waals surface area contributed by atoms with E-state index < -0.39 is 0 Å². The first-order chi connectivity index (χ1) is 13.0. The minimum atomic E-state index is 0.0436. The Labute approximate surface area is 173 Å². The van der Waals surface area contributed by atoms with Gasteiger partial charge in [0.1, 0.15) is 0 Å². The van der Waals surface area contributed by atoms with Gasteiger partial charge < -0.3 is 5.32 Å². The summed E-state index contributed by atoms with van der Waals surface area (Å²) in [6, 6.07) is 7.97. The number of nitrogens with zero attached hydrogens (tertiary/aromatic N) is 3. The predicted octanol–water partition coefficient (Wildman–Crippen LogP) is 4.79. The normalized spacial score (nSPS) is 16.0. The highest BCUT2D eigenvalue weighted by Crippen LogP contribution is 2.28. The molecule has 8 heteroatoms. The van der Waals surface area contributed by atoms with E-state index >= 15 is 0 Å². The van der Waals surface area contributed by atoms with Crippen molar-refractivity contribution in [1.29, 1.82) is 0 Å². The minimum absolute atomic E-state index is 0.0436. The summed E-state index contributed by atoms with van der Waals surface area (Å²) in [5.74, 6) is 1.73. The van der Waals surface area contributed by atoms with E-state index in [4.69, 9.17) is 11.6 Å². The van der Waals surface area contributed by atoms with Gasteiger partial charge in [-0.15, -0.1) is 10.2 Å². The van der Waals surface area contributed by atoms with Gasteiger partial charge in [0, 0.05) is 23.2 Å². The van der Waals surface area contributed by atoms with Gasteiger partial charge in [0.25, 0.3) is 0 Å². The Balaban J connectivity index is 1.43. The number of hydrogen-bond acceptors (Lipinski definition) is 6. The van der Waals surface area contributed by atoms with Gasteiger partial charge in [0.15, 0.2) is 4.34 Å². The molecule has 0 aliphatic carbocycles. The molecule has 0 bridgehead atoms. The molecule has 0 spiro atoms. The lowest BCUT2D eigenvalue weighted by Crippen LogP contribution is -2.37. The number of benzene rings is 1. The molecule has 0 saturated carbocycles. The zero-order chi connectivity index (χ0) is 19.2. The van der Waals surface area contributed by atoms with Crippen molar-refractivity contribution in [1.82, 2.24) is 15.1 Å². The van der Waals surface area contributed by atoms with Crippen molar-refractivity contribution < 1.29 is 4.79 Å². The summed E-state index contributed by atoms with van der Waals surface area (Å²) < 4.78 is 0.914. The fourth-order valence-corrected chi connectivity index (χ4v) is 4.82. The van der Waals surface area contributed by atoms with Crippen molar-refractivity contribution in [2.24, 2.45) is 11.8 Å². The number of piperidine rings is 1. The molecule has 1 fully saturated rings. The van der Waals surface area contributed by atoms with Gasteiger partial charge in [0.2, 0.25) is 11.0 Å². The summed E-state index contributed by atoms with van der Waals surface area (Å²) in [4.78, 5) is 14.9. The second-order valence-electron chi connectivity index (χ2n) is 7.24. The number of rotatable bonds is 7. The van der Waals surface area contributed by atoms with E-state index in [1.165, 1.54) is 16.9 Å². The summed E-state index contributed by atoms with van der Waals surface area (Å²) in [6.07, 6.45) is 1.74. The van der Waals surface area contributed by atoms with Gasteiger partial charge in [0.05, 0.1) is 0 Å². The zero-order valence-electron chi connectivity index (χ0n) is 15.7. The Morgan fingerprint density at radius 1 is 1.30 bits per heavy atom. The summed E-state index contributed by atoms with van der Waals surface area (Å²) in [5, 5.41) is 12.6. The Kier molecular flexibility index (Phi) is 7.52. The zero-order valence-corrected chi connectivity index (χ0v) is 18.0. The van der Waals surface area contributed by atoms with E-state index in [2.05, 4.69) is 46.4 Å². The highest BCUT2D eigenvalue weighted by atomic mass is 35.5. The average molecular weight is 425 g/mol. The Bertz CT molecular complexity index is 742. The number of thioether (sulfide) groups is 1. The van der Waals surface area contributed by atoms with Crippen LogP contribution in [0, 0.1) is 11.8 Å². The lowest BCUT2D eigenvalue weighted by Gasteiger charge is -2.31. The second kappa shape index (κ2) is 9.87. The smallest absolute Gasteiger partial charge is 0.229 e. The maximum Gasteiger partial charge on any atom is 0.229 e. The quantitative estimate of drug-likeness (QED) is 0.511. The van der Waals surface area contributed by atoms with Gasteiger partial charge in [-0.25, -0.2) is 0 Å². The van der Waals surface area contributed by atoms with E-state index in [-0.39, 0.29) is 11.8 Å². The molecule has 0 radical (unpaired) electrons. The first-order valence-electron chi connectivity index (χ1n) is 9.23. The first kappa shape index (κ1) is 20.6. The van der Waals surface area contributed by atoms with E-state index in [0.717, 1.165) is 47.6 Å². The van der Waals surface area contributed by atoms with Crippen LogP contribution in [0.3, 0.4) is 0 Å². The molecule has 146 valence electrons. The lowest BCUT2D eigenvalue weighted by molar-refractivity contribution is -0.121. The number of carbonyl (C=O) groups excluding carboxylic acids is 1. The van der Waals surface area contributed by atoms with E-state index in [1.807, 2.05) is 12.1 Å². The molecule has 1 aromatic heterocycles.